The Morgan fingerprint density at radius 1 is 0.781 bits per heavy atom. The van der Waals surface area contributed by atoms with Gasteiger partial charge in [-0.15, -0.1) is 0 Å². The smallest absolute Gasteiger partial charge is 0.282 e. The molecule has 0 radical (unpaired) electrons. The summed E-state index contributed by atoms with van der Waals surface area (Å²) in [5.41, 5.74) is 2.24. The highest BCUT2D eigenvalue weighted by atomic mass is 16.5. The zero-order valence-electron chi connectivity index (χ0n) is 18.0. The molecule has 0 saturated carbocycles. The number of imide groups is 1. The third-order valence-corrected chi connectivity index (χ3v) is 4.97. The number of ether oxygens (including phenoxy) is 2. The molecule has 3 aromatic rings. The van der Waals surface area contributed by atoms with Crippen LogP contribution in [0, 0.1) is 0 Å². The van der Waals surface area contributed by atoms with Gasteiger partial charge in [0.2, 0.25) is 0 Å². The number of amides is 2. The summed E-state index contributed by atoms with van der Waals surface area (Å²) < 4.78 is 11.3. The average Bonchev–Trinajstić information content (AvgIpc) is 3.05. The fourth-order valence-electron chi connectivity index (χ4n) is 3.63. The maximum absolute atomic E-state index is 13.6. The van der Waals surface area contributed by atoms with Gasteiger partial charge in [0.1, 0.15) is 17.2 Å². The largest absolute Gasteiger partial charge is 0.494 e. The van der Waals surface area contributed by atoms with E-state index in [-0.39, 0.29) is 5.70 Å². The summed E-state index contributed by atoms with van der Waals surface area (Å²) >= 11 is 0. The van der Waals surface area contributed by atoms with Crippen LogP contribution in [0.15, 0.2) is 84.6 Å². The van der Waals surface area contributed by atoms with Crippen LogP contribution in [0.4, 0.5) is 11.4 Å². The molecule has 32 heavy (non-hydrogen) atoms. The van der Waals surface area contributed by atoms with Gasteiger partial charge in [0.05, 0.1) is 24.5 Å². The van der Waals surface area contributed by atoms with Crippen molar-refractivity contribution < 1.29 is 19.1 Å². The molecule has 1 aliphatic heterocycles. The van der Waals surface area contributed by atoms with Gasteiger partial charge >= 0.3 is 0 Å². The van der Waals surface area contributed by atoms with Crippen molar-refractivity contribution in [3.8, 4) is 11.5 Å². The lowest BCUT2D eigenvalue weighted by Crippen LogP contribution is -2.32. The van der Waals surface area contributed by atoms with Crippen molar-refractivity contribution in [2.45, 2.75) is 13.8 Å². The van der Waals surface area contributed by atoms with E-state index in [1.807, 2.05) is 68.4 Å². The molecule has 3 aromatic carbocycles. The second-order valence-corrected chi connectivity index (χ2v) is 7.05. The van der Waals surface area contributed by atoms with Crippen molar-refractivity contribution in [2.24, 2.45) is 0 Å². The summed E-state index contributed by atoms with van der Waals surface area (Å²) in [4.78, 5) is 28.3. The molecule has 0 bridgehead atoms. The Morgan fingerprint density at radius 2 is 1.50 bits per heavy atom. The van der Waals surface area contributed by atoms with Gasteiger partial charge in [-0.1, -0.05) is 48.5 Å². The molecule has 0 saturated heterocycles. The Hall–Kier alpha value is -4.06. The molecule has 1 aliphatic rings. The highest BCUT2D eigenvalue weighted by Gasteiger charge is 2.41. The molecule has 162 valence electrons. The summed E-state index contributed by atoms with van der Waals surface area (Å²) in [5, 5.41) is 3.17. The topological polar surface area (TPSA) is 67.9 Å². The maximum atomic E-state index is 13.6. The number of hydrogen-bond acceptors (Lipinski definition) is 5. The number of para-hydroxylation sites is 2. The summed E-state index contributed by atoms with van der Waals surface area (Å²) in [6, 6.07) is 23.5. The lowest BCUT2D eigenvalue weighted by Gasteiger charge is -2.19. The van der Waals surface area contributed by atoms with Gasteiger partial charge in [0, 0.05) is 11.8 Å². The maximum Gasteiger partial charge on any atom is 0.282 e. The predicted molar refractivity (Wildman–Crippen MR) is 125 cm³/mol. The quantitative estimate of drug-likeness (QED) is 0.518. The molecule has 1 heterocycles. The molecule has 0 aliphatic carbocycles. The van der Waals surface area contributed by atoms with Gasteiger partial charge in [-0.3, -0.25) is 9.59 Å². The number of nitrogens with one attached hydrogen (secondary N) is 1. The van der Waals surface area contributed by atoms with Crippen molar-refractivity contribution >= 4 is 28.8 Å². The van der Waals surface area contributed by atoms with Gasteiger partial charge in [-0.25, -0.2) is 4.90 Å². The molecule has 0 unspecified atom stereocenters. The first-order chi connectivity index (χ1) is 15.6. The number of nitrogens with zero attached hydrogens (tertiary/aromatic N) is 1. The van der Waals surface area contributed by atoms with Crippen molar-refractivity contribution in [2.75, 3.05) is 23.4 Å². The second kappa shape index (κ2) is 9.39. The first-order valence-corrected chi connectivity index (χ1v) is 10.5. The number of anilines is 2. The Morgan fingerprint density at radius 3 is 2.25 bits per heavy atom. The monoisotopic (exact) mass is 428 g/mol. The van der Waals surface area contributed by atoms with Crippen molar-refractivity contribution in [3.63, 3.8) is 0 Å². The van der Waals surface area contributed by atoms with Crippen molar-refractivity contribution in [1.82, 2.24) is 0 Å². The lowest BCUT2D eigenvalue weighted by molar-refractivity contribution is -0.120. The van der Waals surface area contributed by atoms with Gasteiger partial charge in [-0.2, -0.15) is 0 Å². The lowest BCUT2D eigenvalue weighted by atomic mass is 10.0. The zero-order valence-corrected chi connectivity index (χ0v) is 18.0. The van der Waals surface area contributed by atoms with Crippen LogP contribution in [0.5, 0.6) is 11.5 Å². The van der Waals surface area contributed by atoms with Gasteiger partial charge in [0.15, 0.2) is 0 Å². The third-order valence-electron chi connectivity index (χ3n) is 4.97. The van der Waals surface area contributed by atoms with E-state index in [2.05, 4.69) is 5.32 Å². The van der Waals surface area contributed by atoms with E-state index in [0.29, 0.717) is 47.2 Å². The Balaban J connectivity index is 1.79. The summed E-state index contributed by atoms with van der Waals surface area (Å²) in [5.74, 6) is 0.304. The van der Waals surface area contributed by atoms with Crippen LogP contribution < -0.4 is 19.7 Å². The van der Waals surface area contributed by atoms with Crippen LogP contribution in [-0.2, 0) is 9.59 Å². The minimum absolute atomic E-state index is 0.209. The van der Waals surface area contributed by atoms with Crippen molar-refractivity contribution in [3.05, 3.63) is 90.1 Å². The van der Waals surface area contributed by atoms with Crippen LogP contribution in [0.25, 0.3) is 5.57 Å². The minimum atomic E-state index is -0.442. The molecule has 2 amide bonds. The molecule has 0 atom stereocenters. The van der Waals surface area contributed by atoms with E-state index < -0.39 is 11.8 Å². The van der Waals surface area contributed by atoms with Gasteiger partial charge < -0.3 is 14.8 Å². The molecule has 6 nitrogen and oxygen atoms in total. The van der Waals surface area contributed by atoms with E-state index in [1.54, 1.807) is 24.3 Å². The molecule has 0 aromatic heterocycles. The first kappa shape index (κ1) is 21.2. The van der Waals surface area contributed by atoms with Gasteiger partial charge in [-0.05, 0) is 43.7 Å². The molecule has 1 N–H and O–H groups in total. The Labute approximate surface area is 187 Å². The molecular formula is C26H24N2O4. The van der Waals surface area contributed by atoms with Crippen LogP contribution in [0.2, 0.25) is 0 Å². The van der Waals surface area contributed by atoms with Crippen LogP contribution in [0.1, 0.15) is 19.4 Å². The Kier molecular flexibility index (Phi) is 6.22. The minimum Gasteiger partial charge on any atom is -0.494 e. The highest BCUT2D eigenvalue weighted by molar-refractivity contribution is 6.46. The predicted octanol–water partition coefficient (Wildman–Crippen LogP) is 4.88. The number of rotatable bonds is 8. The first-order valence-electron chi connectivity index (χ1n) is 10.5. The summed E-state index contributed by atoms with van der Waals surface area (Å²) in [6.07, 6.45) is 0. The second-order valence-electron chi connectivity index (χ2n) is 7.05. The van der Waals surface area contributed by atoms with Crippen molar-refractivity contribution in [1.29, 1.82) is 0 Å². The molecule has 0 fully saturated rings. The highest BCUT2D eigenvalue weighted by Crippen LogP contribution is 2.38. The van der Waals surface area contributed by atoms with E-state index in [4.69, 9.17) is 9.47 Å². The van der Waals surface area contributed by atoms with Gasteiger partial charge in [0.25, 0.3) is 11.8 Å². The fourth-order valence-corrected chi connectivity index (χ4v) is 3.63. The van der Waals surface area contributed by atoms with Crippen LogP contribution in [-0.4, -0.2) is 25.0 Å². The number of carbonyl (C=O) groups excluding carboxylic acids is 2. The van der Waals surface area contributed by atoms with Crippen LogP contribution in [0.3, 0.4) is 0 Å². The molecule has 0 spiro atoms. The molecule has 6 heteroatoms. The van der Waals surface area contributed by atoms with E-state index in [0.717, 1.165) is 0 Å². The molecular weight excluding hydrogens is 404 g/mol. The zero-order chi connectivity index (χ0) is 22.5. The van der Waals surface area contributed by atoms with Crippen LogP contribution >= 0.6 is 0 Å². The Bertz CT molecular complexity index is 1170. The SMILES string of the molecule is CCOc1cccc(NC2=C(c3ccccc3)C(=O)N(c3ccccc3OCC)C2=O)c1. The van der Waals surface area contributed by atoms with E-state index in [9.17, 15) is 9.59 Å². The number of benzene rings is 3. The summed E-state index contributed by atoms with van der Waals surface area (Å²) in [6.45, 7) is 4.71. The third kappa shape index (κ3) is 4.07. The average molecular weight is 428 g/mol. The normalized spacial score (nSPS) is 13.5. The number of carbonyl (C=O) groups is 2. The standard InChI is InChI=1S/C26H24N2O4/c1-3-31-20-14-10-13-19(17-20)27-24-23(18-11-6-5-7-12-18)25(29)28(26(24)30)21-15-8-9-16-22(21)32-4-2/h5-17,27H,3-4H2,1-2H3. The van der Waals surface area contributed by atoms with E-state index >= 15 is 0 Å². The van der Waals surface area contributed by atoms with E-state index in [1.165, 1.54) is 4.90 Å². The summed E-state index contributed by atoms with van der Waals surface area (Å²) in [7, 11) is 0. The fraction of sp³-hybridized carbons (Fsp3) is 0.154. The molecule has 4 rings (SSSR count). The number of hydrogen-bond donors (Lipinski definition) is 1.